The third-order valence-electron chi connectivity index (χ3n) is 1.97. The highest BCUT2D eigenvalue weighted by molar-refractivity contribution is 7.82. The minimum absolute atomic E-state index is 0.615. The summed E-state index contributed by atoms with van der Waals surface area (Å²) in [5.74, 6) is 0. The number of aromatic amines is 1. The Balaban J connectivity index is 2.39. The lowest BCUT2D eigenvalue weighted by atomic mass is 10.2. The van der Waals surface area contributed by atoms with Crippen LogP contribution in [0.5, 0.6) is 0 Å². The predicted octanol–water partition coefficient (Wildman–Crippen LogP) is 1.66. The van der Waals surface area contributed by atoms with Gasteiger partial charge in [0.05, 0.1) is 4.90 Å². The Labute approximate surface area is 84.5 Å². The van der Waals surface area contributed by atoms with Crippen LogP contribution in [0, 0.1) is 0 Å². The van der Waals surface area contributed by atoms with Crippen molar-refractivity contribution in [2.45, 2.75) is 4.90 Å². The van der Waals surface area contributed by atoms with E-state index in [0.717, 1.165) is 11.3 Å². The van der Waals surface area contributed by atoms with Gasteiger partial charge in [-0.15, -0.1) is 0 Å². The van der Waals surface area contributed by atoms with Crippen molar-refractivity contribution in [2.24, 2.45) is 5.14 Å². The average Bonchev–Trinajstić information content (AvgIpc) is 2.68. The van der Waals surface area contributed by atoms with Gasteiger partial charge >= 0.3 is 0 Å². The summed E-state index contributed by atoms with van der Waals surface area (Å²) in [4.78, 5) is 3.65. The normalized spacial score (nSPS) is 12.6. The minimum Gasteiger partial charge on any atom is -0.360 e. The molecule has 1 aromatic carbocycles. The number of hydrogen-bond acceptors (Lipinski definition) is 1. The highest BCUT2D eigenvalue weighted by Crippen LogP contribution is 2.19. The topological polar surface area (TPSA) is 58.9 Å². The summed E-state index contributed by atoms with van der Waals surface area (Å²) in [6.45, 7) is 0. The molecule has 14 heavy (non-hydrogen) atoms. The maximum Gasteiger partial charge on any atom is 0.123 e. The number of aromatic nitrogens is 1. The Bertz CT molecular complexity index is 450. The highest BCUT2D eigenvalue weighted by Gasteiger charge is 2.03. The van der Waals surface area contributed by atoms with Gasteiger partial charge in [-0.2, -0.15) is 0 Å². The Morgan fingerprint density at radius 3 is 2.50 bits per heavy atom. The van der Waals surface area contributed by atoms with Crippen LogP contribution < -0.4 is 5.14 Å². The molecule has 0 saturated heterocycles. The van der Waals surface area contributed by atoms with Gasteiger partial charge in [0.2, 0.25) is 0 Å². The monoisotopic (exact) mass is 206 g/mol. The van der Waals surface area contributed by atoms with Gasteiger partial charge in [0.15, 0.2) is 0 Å². The van der Waals surface area contributed by atoms with Gasteiger partial charge < -0.3 is 4.98 Å². The van der Waals surface area contributed by atoms with Crippen LogP contribution in [-0.2, 0) is 11.0 Å². The number of benzene rings is 1. The second kappa shape index (κ2) is 3.77. The van der Waals surface area contributed by atoms with Crippen LogP contribution in [0.4, 0.5) is 0 Å². The third kappa shape index (κ3) is 1.76. The Hall–Kier alpha value is -1.39. The van der Waals surface area contributed by atoms with Gasteiger partial charge in [0, 0.05) is 11.9 Å². The van der Waals surface area contributed by atoms with Gasteiger partial charge in [-0.05, 0) is 11.6 Å². The van der Waals surface area contributed by atoms with E-state index in [4.69, 9.17) is 5.14 Å². The van der Waals surface area contributed by atoms with Crippen molar-refractivity contribution < 1.29 is 4.21 Å². The van der Waals surface area contributed by atoms with E-state index in [1.165, 1.54) is 0 Å². The number of hydrogen-bond donors (Lipinski definition) is 2. The molecule has 0 aliphatic heterocycles. The molecule has 2 aromatic rings. The van der Waals surface area contributed by atoms with E-state index in [1.807, 2.05) is 30.3 Å². The summed E-state index contributed by atoms with van der Waals surface area (Å²) in [6.07, 6.45) is 1.67. The minimum atomic E-state index is -1.41. The van der Waals surface area contributed by atoms with Crippen molar-refractivity contribution >= 4 is 11.0 Å². The Morgan fingerprint density at radius 1 is 1.21 bits per heavy atom. The fourth-order valence-electron chi connectivity index (χ4n) is 1.28. The zero-order chi connectivity index (χ0) is 9.97. The molecule has 3 nitrogen and oxygen atoms in total. The first-order chi connectivity index (χ1) is 6.77. The summed E-state index contributed by atoms with van der Waals surface area (Å²) in [6, 6.07) is 11.6. The van der Waals surface area contributed by atoms with E-state index in [0.29, 0.717) is 4.90 Å². The van der Waals surface area contributed by atoms with Crippen molar-refractivity contribution in [3.8, 4) is 11.3 Å². The largest absolute Gasteiger partial charge is 0.360 e. The number of H-pyrrole nitrogens is 1. The fraction of sp³-hybridized carbons (Fsp3) is 0. The highest BCUT2D eigenvalue weighted by atomic mass is 32.2. The molecule has 72 valence electrons. The van der Waals surface area contributed by atoms with Crippen molar-refractivity contribution in [3.05, 3.63) is 42.6 Å². The fourth-order valence-corrected chi connectivity index (χ4v) is 1.68. The molecule has 0 aliphatic rings. The summed E-state index contributed by atoms with van der Waals surface area (Å²) >= 11 is 0. The van der Waals surface area contributed by atoms with E-state index >= 15 is 0 Å². The number of nitrogens with one attached hydrogen (secondary N) is 1. The zero-order valence-electron chi connectivity index (χ0n) is 7.44. The quantitative estimate of drug-likeness (QED) is 0.771. The molecular weight excluding hydrogens is 196 g/mol. The van der Waals surface area contributed by atoms with E-state index in [2.05, 4.69) is 4.98 Å². The molecule has 1 heterocycles. The van der Waals surface area contributed by atoms with Crippen LogP contribution in [0.25, 0.3) is 11.3 Å². The number of nitrogens with two attached hydrogens (primary N) is 1. The van der Waals surface area contributed by atoms with Gasteiger partial charge in [-0.3, -0.25) is 0 Å². The zero-order valence-corrected chi connectivity index (χ0v) is 8.25. The van der Waals surface area contributed by atoms with E-state index < -0.39 is 11.0 Å². The smallest absolute Gasteiger partial charge is 0.123 e. The third-order valence-corrected chi connectivity index (χ3v) is 2.67. The van der Waals surface area contributed by atoms with Crippen LogP contribution in [0.3, 0.4) is 0 Å². The first-order valence-corrected chi connectivity index (χ1v) is 5.38. The van der Waals surface area contributed by atoms with E-state index in [9.17, 15) is 4.21 Å². The van der Waals surface area contributed by atoms with Crippen LogP contribution in [0.15, 0.2) is 47.5 Å². The maximum atomic E-state index is 11.0. The lowest BCUT2D eigenvalue weighted by molar-refractivity contribution is 0.684. The van der Waals surface area contributed by atoms with Crippen molar-refractivity contribution in [3.63, 3.8) is 0 Å². The Kier molecular flexibility index (Phi) is 2.47. The molecule has 0 spiro atoms. The molecule has 0 aliphatic carbocycles. The molecule has 1 aromatic heterocycles. The molecular formula is C10H10N2OS. The van der Waals surface area contributed by atoms with Crippen molar-refractivity contribution in [1.29, 1.82) is 0 Å². The number of rotatable bonds is 2. The molecule has 0 fully saturated rings. The SMILES string of the molecule is NS(=O)c1c[nH]c(-c2ccccc2)c1. The van der Waals surface area contributed by atoms with Crippen molar-refractivity contribution in [1.82, 2.24) is 4.98 Å². The molecule has 0 bridgehead atoms. The first-order valence-electron chi connectivity index (χ1n) is 4.17. The molecule has 0 saturated carbocycles. The average molecular weight is 206 g/mol. The lowest BCUT2D eigenvalue weighted by Crippen LogP contribution is -2.00. The summed E-state index contributed by atoms with van der Waals surface area (Å²) in [5, 5.41) is 5.26. The van der Waals surface area contributed by atoms with Crippen molar-refractivity contribution in [2.75, 3.05) is 0 Å². The second-order valence-electron chi connectivity index (χ2n) is 2.91. The molecule has 4 heteroatoms. The van der Waals surface area contributed by atoms with Crippen LogP contribution in [0.2, 0.25) is 0 Å². The van der Waals surface area contributed by atoms with Gasteiger partial charge in [-0.1, -0.05) is 30.3 Å². The summed E-state index contributed by atoms with van der Waals surface area (Å²) < 4.78 is 11.0. The predicted molar refractivity (Wildman–Crippen MR) is 56.8 cm³/mol. The molecule has 3 N–H and O–H groups in total. The van der Waals surface area contributed by atoms with Crippen LogP contribution in [0.1, 0.15) is 0 Å². The molecule has 1 atom stereocenters. The molecule has 1 unspecified atom stereocenters. The maximum absolute atomic E-state index is 11.0. The molecule has 0 radical (unpaired) electrons. The van der Waals surface area contributed by atoms with Gasteiger partial charge in [0.1, 0.15) is 11.0 Å². The Morgan fingerprint density at radius 2 is 1.93 bits per heavy atom. The van der Waals surface area contributed by atoms with Gasteiger partial charge in [-0.25, -0.2) is 9.35 Å². The summed E-state index contributed by atoms with van der Waals surface area (Å²) in [5.41, 5.74) is 1.99. The van der Waals surface area contributed by atoms with Crippen LogP contribution >= 0.6 is 0 Å². The summed E-state index contributed by atoms with van der Waals surface area (Å²) in [7, 11) is -1.41. The van der Waals surface area contributed by atoms with Crippen LogP contribution in [-0.4, -0.2) is 9.19 Å². The molecule has 2 rings (SSSR count). The van der Waals surface area contributed by atoms with E-state index in [1.54, 1.807) is 12.3 Å². The standard InChI is InChI=1S/C10H10N2OS/c11-14(13)9-6-10(12-7-9)8-4-2-1-3-5-8/h1-7,12H,11H2. The first kappa shape index (κ1) is 9.18. The van der Waals surface area contributed by atoms with E-state index in [-0.39, 0.29) is 0 Å². The second-order valence-corrected chi connectivity index (χ2v) is 3.98. The van der Waals surface area contributed by atoms with Gasteiger partial charge in [0.25, 0.3) is 0 Å². The lowest BCUT2D eigenvalue weighted by Gasteiger charge is -1.94. The molecule has 0 amide bonds.